The first kappa shape index (κ1) is 17.2. The van der Waals surface area contributed by atoms with E-state index in [1.807, 2.05) is 18.3 Å². The standard InChI is InChI=1S/C26H25NO/c1-16(2)12-18-8-9-20-19(15-18)10-11-27-25(20)23-14-17(3)13-22-21-6-4-5-7-24(21)28-26(22)23/h4-7,9-11,13-16,18H,8,12H2,1-3H3. The van der Waals surface area contributed by atoms with E-state index < -0.39 is 0 Å². The van der Waals surface area contributed by atoms with E-state index in [9.17, 15) is 0 Å². The van der Waals surface area contributed by atoms with Crippen molar-refractivity contribution in [3.05, 3.63) is 64.7 Å². The Labute approximate surface area is 165 Å². The summed E-state index contributed by atoms with van der Waals surface area (Å²) in [5.74, 6) is 1.33. The molecule has 0 radical (unpaired) electrons. The van der Waals surface area contributed by atoms with Gasteiger partial charge in [0.1, 0.15) is 11.2 Å². The van der Waals surface area contributed by atoms with Gasteiger partial charge in [-0.05, 0) is 66.6 Å². The molecule has 1 aliphatic rings. The fourth-order valence-corrected chi connectivity index (χ4v) is 4.57. The number of hydrogen-bond donors (Lipinski definition) is 0. The number of aromatic nitrogens is 1. The van der Waals surface area contributed by atoms with Gasteiger partial charge in [0.25, 0.3) is 0 Å². The lowest BCUT2D eigenvalue weighted by Gasteiger charge is -2.17. The molecule has 0 spiro atoms. The molecule has 0 aliphatic heterocycles. The van der Waals surface area contributed by atoms with Crippen molar-refractivity contribution in [2.75, 3.05) is 0 Å². The van der Waals surface area contributed by atoms with Gasteiger partial charge in [-0.25, -0.2) is 0 Å². The Morgan fingerprint density at radius 2 is 1.96 bits per heavy atom. The second kappa shape index (κ2) is 6.63. The lowest BCUT2D eigenvalue weighted by atomic mass is 9.89. The molecule has 0 bridgehead atoms. The highest BCUT2D eigenvalue weighted by atomic mass is 16.3. The molecule has 0 amide bonds. The summed E-state index contributed by atoms with van der Waals surface area (Å²) in [5.41, 5.74) is 5.22. The molecule has 1 atom stereocenters. The first-order valence-electron chi connectivity index (χ1n) is 10.2. The topological polar surface area (TPSA) is 26.0 Å². The van der Waals surface area contributed by atoms with Crippen LogP contribution >= 0.6 is 0 Å². The van der Waals surface area contributed by atoms with Crippen molar-refractivity contribution in [2.45, 2.75) is 33.6 Å². The molecule has 1 unspecified atom stereocenters. The first-order valence-corrected chi connectivity index (χ1v) is 10.2. The van der Waals surface area contributed by atoms with Crippen LogP contribution in [0.1, 0.15) is 32.3 Å². The summed E-state index contributed by atoms with van der Waals surface area (Å²) < 4.78 is 6.29. The Balaban J connectivity index is 1.77. The minimum atomic E-state index is 0.617. The average molecular weight is 367 g/mol. The van der Waals surface area contributed by atoms with Gasteiger partial charge in [0.2, 0.25) is 0 Å². The number of para-hydroxylation sites is 1. The zero-order valence-electron chi connectivity index (χ0n) is 16.7. The van der Waals surface area contributed by atoms with Crippen molar-refractivity contribution in [3.63, 3.8) is 0 Å². The molecule has 4 aromatic rings. The number of furan rings is 1. The second-order valence-electron chi connectivity index (χ2n) is 8.45. The van der Waals surface area contributed by atoms with Crippen LogP contribution in [0.3, 0.4) is 0 Å². The Bertz CT molecular complexity index is 1310. The van der Waals surface area contributed by atoms with E-state index in [0.717, 1.165) is 28.8 Å². The van der Waals surface area contributed by atoms with Crippen LogP contribution in [0.25, 0.3) is 45.3 Å². The molecule has 0 saturated heterocycles. The third-order valence-corrected chi connectivity index (χ3v) is 5.72. The molecular formula is C26H25NO. The van der Waals surface area contributed by atoms with Crippen LogP contribution in [0.4, 0.5) is 0 Å². The maximum atomic E-state index is 6.29. The normalized spacial score (nSPS) is 16.2. The quantitative estimate of drug-likeness (QED) is 0.472. The molecule has 2 aromatic heterocycles. The predicted octanol–water partition coefficient (Wildman–Crippen LogP) is 5.58. The average Bonchev–Trinajstić information content (AvgIpc) is 3.05. The predicted molar refractivity (Wildman–Crippen MR) is 117 cm³/mol. The van der Waals surface area contributed by atoms with Crippen molar-refractivity contribution >= 4 is 34.1 Å². The van der Waals surface area contributed by atoms with E-state index in [4.69, 9.17) is 9.40 Å². The summed E-state index contributed by atoms with van der Waals surface area (Å²) in [6, 6.07) is 14.8. The first-order chi connectivity index (χ1) is 13.6. The zero-order valence-corrected chi connectivity index (χ0v) is 16.7. The number of rotatable bonds is 3. The highest BCUT2D eigenvalue weighted by molar-refractivity contribution is 6.09. The molecule has 28 heavy (non-hydrogen) atoms. The van der Waals surface area contributed by atoms with Crippen LogP contribution in [-0.2, 0) is 0 Å². The lowest BCUT2D eigenvalue weighted by molar-refractivity contribution is 0.499. The minimum Gasteiger partial charge on any atom is -0.455 e. The van der Waals surface area contributed by atoms with Crippen LogP contribution in [0, 0.1) is 18.8 Å². The van der Waals surface area contributed by atoms with Gasteiger partial charge in [-0.2, -0.15) is 0 Å². The highest BCUT2D eigenvalue weighted by Crippen LogP contribution is 2.35. The molecule has 2 heterocycles. The SMILES string of the molecule is Cc1cc(-c2nccc3c2=CCC(CC(C)C)C=3)c2oc3ccccc3c2c1. The van der Waals surface area contributed by atoms with Crippen LogP contribution in [0.2, 0.25) is 0 Å². The molecule has 0 saturated carbocycles. The smallest absolute Gasteiger partial charge is 0.144 e. The third-order valence-electron chi connectivity index (χ3n) is 5.72. The molecule has 1 aliphatic carbocycles. The van der Waals surface area contributed by atoms with Crippen molar-refractivity contribution in [2.24, 2.45) is 11.8 Å². The van der Waals surface area contributed by atoms with Crippen LogP contribution in [-0.4, -0.2) is 4.98 Å². The third kappa shape index (κ3) is 2.84. The molecule has 0 N–H and O–H groups in total. The van der Waals surface area contributed by atoms with Gasteiger partial charge in [-0.3, -0.25) is 4.98 Å². The zero-order chi connectivity index (χ0) is 19.3. The summed E-state index contributed by atoms with van der Waals surface area (Å²) in [6.07, 6.45) is 9.06. The van der Waals surface area contributed by atoms with E-state index in [1.54, 1.807) is 0 Å². The molecule has 0 fully saturated rings. The van der Waals surface area contributed by atoms with Crippen molar-refractivity contribution < 1.29 is 4.42 Å². The maximum Gasteiger partial charge on any atom is 0.144 e. The van der Waals surface area contributed by atoms with Crippen molar-refractivity contribution in [3.8, 4) is 11.3 Å². The van der Waals surface area contributed by atoms with Gasteiger partial charge in [-0.15, -0.1) is 0 Å². The van der Waals surface area contributed by atoms with Crippen LogP contribution in [0.5, 0.6) is 0 Å². The molecule has 2 heteroatoms. The van der Waals surface area contributed by atoms with Gasteiger partial charge >= 0.3 is 0 Å². The van der Waals surface area contributed by atoms with E-state index in [2.05, 4.69) is 63.3 Å². The second-order valence-corrected chi connectivity index (χ2v) is 8.45. The number of benzene rings is 2. The largest absolute Gasteiger partial charge is 0.455 e. The van der Waals surface area contributed by atoms with Gasteiger partial charge in [0, 0.05) is 27.8 Å². The molecule has 140 valence electrons. The van der Waals surface area contributed by atoms with Gasteiger partial charge < -0.3 is 4.42 Å². The lowest BCUT2D eigenvalue weighted by Crippen LogP contribution is -2.32. The molecule has 5 rings (SSSR count). The number of pyridine rings is 1. The van der Waals surface area contributed by atoms with Crippen molar-refractivity contribution in [1.29, 1.82) is 0 Å². The summed E-state index contributed by atoms with van der Waals surface area (Å²) in [5, 5.41) is 4.88. The number of nitrogens with zero attached hydrogens (tertiary/aromatic N) is 1. The number of hydrogen-bond acceptors (Lipinski definition) is 2. The van der Waals surface area contributed by atoms with Crippen molar-refractivity contribution in [1.82, 2.24) is 4.98 Å². The van der Waals surface area contributed by atoms with Gasteiger partial charge in [-0.1, -0.05) is 44.2 Å². The Morgan fingerprint density at radius 3 is 2.82 bits per heavy atom. The monoisotopic (exact) mass is 367 g/mol. The van der Waals surface area contributed by atoms with Crippen LogP contribution < -0.4 is 10.4 Å². The molecule has 2 aromatic carbocycles. The number of fused-ring (bicyclic) bond motifs is 4. The maximum absolute atomic E-state index is 6.29. The van der Waals surface area contributed by atoms with Gasteiger partial charge in [0.15, 0.2) is 0 Å². The van der Waals surface area contributed by atoms with Gasteiger partial charge in [0.05, 0.1) is 5.69 Å². The van der Waals surface area contributed by atoms with Crippen LogP contribution in [0.15, 0.2) is 53.1 Å². The molecular weight excluding hydrogens is 342 g/mol. The Kier molecular flexibility index (Phi) is 4.08. The Morgan fingerprint density at radius 1 is 1.11 bits per heavy atom. The summed E-state index contributed by atoms with van der Waals surface area (Å²) in [6.45, 7) is 6.74. The summed E-state index contributed by atoms with van der Waals surface area (Å²) in [4.78, 5) is 4.80. The summed E-state index contributed by atoms with van der Waals surface area (Å²) in [7, 11) is 0. The highest BCUT2D eigenvalue weighted by Gasteiger charge is 2.17. The number of aryl methyl sites for hydroxylation is 1. The minimum absolute atomic E-state index is 0.617. The van der Waals surface area contributed by atoms with E-state index in [0.29, 0.717) is 11.8 Å². The fourth-order valence-electron chi connectivity index (χ4n) is 4.57. The van der Waals surface area contributed by atoms with E-state index in [-0.39, 0.29) is 0 Å². The fraction of sp³-hybridized carbons (Fsp3) is 0.269. The van der Waals surface area contributed by atoms with E-state index in [1.165, 1.54) is 33.2 Å². The van der Waals surface area contributed by atoms with E-state index >= 15 is 0 Å². The molecule has 2 nitrogen and oxygen atoms in total. The summed E-state index contributed by atoms with van der Waals surface area (Å²) >= 11 is 0. The Hall–Kier alpha value is -2.87.